The van der Waals surface area contributed by atoms with Gasteiger partial charge in [0.05, 0.1) is 11.1 Å². The number of nitrogens with one attached hydrogen (secondary N) is 2. The quantitative estimate of drug-likeness (QED) is 0.145. The van der Waals surface area contributed by atoms with E-state index in [2.05, 4.69) is 10.6 Å². The van der Waals surface area contributed by atoms with Gasteiger partial charge in [-0.25, -0.2) is 0 Å². The first-order valence-corrected chi connectivity index (χ1v) is 14.3. The van der Waals surface area contributed by atoms with Gasteiger partial charge in [0, 0.05) is 11.4 Å². The number of phenolic OH excluding ortho intramolecular Hbond substituents is 2. The van der Waals surface area contributed by atoms with Crippen LogP contribution in [-0.2, 0) is 17.1 Å². The monoisotopic (exact) mass is 638 g/mol. The van der Waals surface area contributed by atoms with Gasteiger partial charge in [-0.2, -0.15) is 0 Å². The molecule has 0 bridgehead atoms. The first-order chi connectivity index (χ1) is 21.1. The summed E-state index contributed by atoms with van der Waals surface area (Å²) in [5, 5.41) is 29.6. The molecule has 0 saturated carbocycles. The fraction of sp³-hybridized carbons (Fsp3) is 0.105. The number of hydrogen-bond donors (Lipinski definition) is 4. The third-order valence-electron chi connectivity index (χ3n) is 7.48. The summed E-state index contributed by atoms with van der Waals surface area (Å²) in [7, 11) is 0. The Hall–Kier alpha value is -5.10. The Balaban J connectivity index is 0.000000200. The molecule has 6 rings (SSSR count). The van der Waals surface area contributed by atoms with Crippen LogP contribution in [0, 0.1) is 27.7 Å². The molecular formula is C38H34FeN2O4+2. The zero-order chi connectivity index (χ0) is 31.4. The molecule has 0 spiro atoms. The molecule has 226 valence electrons. The molecule has 0 aromatic heterocycles. The molecule has 4 N–H and O–H groups in total. The molecule has 6 aromatic rings. The normalized spacial score (nSPS) is 10.4. The van der Waals surface area contributed by atoms with E-state index < -0.39 is 0 Å². The molecule has 0 saturated heterocycles. The maximum Gasteiger partial charge on any atom is 2.00 e. The Bertz CT molecular complexity index is 1890. The van der Waals surface area contributed by atoms with Crippen molar-refractivity contribution >= 4 is 44.7 Å². The number of anilines is 2. The van der Waals surface area contributed by atoms with Crippen molar-refractivity contribution < 1.29 is 36.9 Å². The Morgan fingerprint density at radius 1 is 0.489 bits per heavy atom. The zero-order valence-electron chi connectivity index (χ0n) is 25.5. The Morgan fingerprint density at radius 3 is 1.16 bits per heavy atom. The van der Waals surface area contributed by atoms with Crippen molar-refractivity contribution in [1.82, 2.24) is 0 Å². The molecule has 45 heavy (non-hydrogen) atoms. The van der Waals surface area contributed by atoms with Crippen LogP contribution in [0.4, 0.5) is 11.4 Å². The Kier molecular flexibility index (Phi) is 10.3. The predicted octanol–water partition coefficient (Wildman–Crippen LogP) is 8.83. The maximum absolute atomic E-state index is 12.4. The van der Waals surface area contributed by atoms with E-state index in [-0.39, 0.29) is 51.5 Å². The van der Waals surface area contributed by atoms with Crippen LogP contribution >= 0.6 is 0 Å². The van der Waals surface area contributed by atoms with Crippen molar-refractivity contribution in [3.63, 3.8) is 0 Å². The molecule has 0 heterocycles. The van der Waals surface area contributed by atoms with Crippen molar-refractivity contribution in [2.45, 2.75) is 27.7 Å². The van der Waals surface area contributed by atoms with Gasteiger partial charge in [-0.15, -0.1) is 0 Å². The fourth-order valence-corrected chi connectivity index (χ4v) is 5.11. The number of rotatable bonds is 4. The predicted molar refractivity (Wildman–Crippen MR) is 179 cm³/mol. The number of phenols is 2. The first kappa shape index (κ1) is 32.8. The number of carbonyl (C=O) groups is 2. The second kappa shape index (κ2) is 14.1. The third kappa shape index (κ3) is 7.71. The van der Waals surface area contributed by atoms with Gasteiger partial charge in [-0.3, -0.25) is 9.59 Å². The molecule has 6 aromatic carbocycles. The fourth-order valence-electron chi connectivity index (χ4n) is 5.11. The minimum absolute atomic E-state index is 0. The molecule has 7 heteroatoms. The van der Waals surface area contributed by atoms with Crippen LogP contribution in [0.25, 0.3) is 21.5 Å². The van der Waals surface area contributed by atoms with Crippen molar-refractivity contribution in [3.8, 4) is 11.5 Å². The number of carbonyl (C=O) groups excluding carboxylic acids is 2. The summed E-state index contributed by atoms with van der Waals surface area (Å²) in [5.74, 6) is -0.646. The minimum Gasteiger partial charge on any atom is -0.507 e. The summed E-state index contributed by atoms with van der Waals surface area (Å²) in [6.07, 6.45) is 0. The van der Waals surface area contributed by atoms with Crippen LogP contribution in [0.5, 0.6) is 11.5 Å². The van der Waals surface area contributed by atoms with Crippen LogP contribution in [0.2, 0.25) is 0 Å². The van der Waals surface area contributed by atoms with Gasteiger partial charge in [0.1, 0.15) is 11.5 Å². The summed E-state index contributed by atoms with van der Waals surface area (Å²) >= 11 is 0. The van der Waals surface area contributed by atoms with E-state index in [1.807, 2.05) is 113 Å². The second-order valence-electron chi connectivity index (χ2n) is 11.0. The van der Waals surface area contributed by atoms with E-state index in [9.17, 15) is 19.8 Å². The summed E-state index contributed by atoms with van der Waals surface area (Å²) in [6.45, 7) is 7.91. The van der Waals surface area contributed by atoms with Gasteiger partial charge in [-0.1, -0.05) is 83.9 Å². The van der Waals surface area contributed by atoms with Gasteiger partial charge in [-0.05, 0) is 96.8 Å². The van der Waals surface area contributed by atoms with Crippen molar-refractivity contribution in [3.05, 3.63) is 143 Å². The van der Waals surface area contributed by atoms with Gasteiger partial charge in [0.2, 0.25) is 0 Å². The van der Waals surface area contributed by atoms with Gasteiger partial charge >= 0.3 is 17.1 Å². The number of aryl methyl sites for hydroxylation is 4. The Morgan fingerprint density at radius 2 is 0.822 bits per heavy atom. The van der Waals surface area contributed by atoms with Crippen LogP contribution in [-0.4, -0.2) is 22.0 Å². The number of fused-ring (bicyclic) bond motifs is 2. The molecular weight excluding hydrogens is 604 g/mol. The topological polar surface area (TPSA) is 98.7 Å². The van der Waals surface area contributed by atoms with E-state index in [1.165, 1.54) is 0 Å². The number of benzene rings is 6. The zero-order valence-corrected chi connectivity index (χ0v) is 26.6. The van der Waals surface area contributed by atoms with Gasteiger partial charge < -0.3 is 20.8 Å². The van der Waals surface area contributed by atoms with Crippen LogP contribution in [0.1, 0.15) is 43.0 Å². The van der Waals surface area contributed by atoms with Crippen LogP contribution in [0.15, 0.2) is 109 Å². The van der Waals surface area contributed by atoms with Crippen molar-refractivity contribution in [1.29, 1.82) is 0 Å². The molecule has 0 unspecified atom stereocenters. The van der Waals surface area contributed by atoms with Gasteiger partial charge in [0.15, 0.2) is 0 Å². The summed E-state index contributed by atoms with van der Waals surface area (Å²) in [4.78, 5) is 24.9. The molecule has 0 fully saturated rings. The summed E-state index contributed by atoms with van der Waals surface area (Å²) in [6, 6.07) is 33.6. The molecule has 2 amide bonds. The van der Waals surface area contributed by atoms with Crippen LogP contribution in [0.3, 0.4) is 0 Å². The summed E-state index contributed by atoms with van der Waals surface area (Å²) < 4.78 is 0. The van der Waals surface area contributed by atoms with E-state index in [0.29, 0.717) is 0 Å². The Labute approximate surface area is 273 Å². The summed E-state index contributed by atoms with van der Waals surface area (Å²) in [5.41, 5.74) is 6.33. The number of aromatic hydroxyl groups is 2. The van der Waals surface area contributed by atoms with Gasteiger partial charge in [0.25, 0.3) is 11.8 Å². The average Bonchev–Trinajstić information content (AvgIpc) is 2.99. The molecule has 0 radical (unpaired) electrons. The minimum atomic E-state index is -0.310. The second-order valence-corrected chi connectivity index (χ2v) is 11.0. The maximum atomic E-state index is 12.4. The molecule has 6 nitrogen and oxygen atoms in total. The van der Waals surface area contributed by atoms with Crippen molar-refractivity contribution in [2.24, 2.45) is 0 Å². The molecule has 0 aliphatic rings. The largest absolute Gasteiger partial charge is 2.00 e. The number of hydrogen-bond acceptors (Lipinski definition) is 4. The number of amides is 2. The molecule has 0 aliphatic carbocycles. The van der Waals surface area contributed by atoms with Crippen molar-refractivity contribution in [2.75, 3.05) is 10.6 Å². The molecule has 0 atom stereocenters. The smallest absolute Gasteiger partial charge is 0.507 e. The first-order valence-electron chi connectivity index (χ1n) is 14.3. The SMILES string of the molecule is Cc1ccc(NC(=O)c2cc3ccccc3cc2O)c(C)c1.Cc1ccc(NC(=O)c2cc3ccccc3cc2O)c(C)c1.[Fe+2]. The van der Waals surface area contributed by atoms with E-state index in [1.54, 1.807) is 24.3 Å². The average molecular weight is 639 g/mol. The van der Waals surface area contributed by atoms with Crippen LogP contribution < -0.4 is 10.6 Å². The van der Waals surface area contributed by atoms with E-state index >= 15 is 0 Å². The standard InChI is InChI=1S/2C19H17NO2.Fe/c2*1-12-7-8-17(13(2)9-12)20-19(22)16-10-14-5-3-4-6-15(14)11-18(16)21;/h2*3-11,21H,1-2H3,(H,20,22);/q;;+2. The van der Waals surface area contributed by atoms with E-state index in [4.69, 9.17) is 0 Å². The third-order valence-corrected chi connectivity index (χ3v) is 7.48. The van der Waals surface area contributed by atoms with E-state index in [0.717, 1.165) is 55.2 Å². The molecule has 0 aliphatic heterocycles.